The van der Waals surface area contributed by atoms with Crippen molar-refractivity contribution in [2.24, 2.45) is 0 Å². The number of hydrogen-bond donors (Lipinski definition) is 1. The Bertz CT molecular complexity index is 855. The molecular formula is C17H13NO3S2. The van der Waals surface area contributed by atoms with Crippen molar-refractivity contribution >= 4 is 57.0 Å². The molecule has 2 aromatic rings. The second-order valence-electron chi connectivity index (χ2n) is 5.13. The molecule has 0 aromatic heterocycles. The van der Waals surface area contributed by atoms with Crippen molar-refractivity contribution in [3.8, 4) is 0 Å². The van der Waals surface area contributed by atoms with Crippen molar-refractivity contribution in [3.63, 3.8) is 0 Å². The molecule has 1 fully saturated rings. The monoisotopic (exact) mass is 343 g/mol. The average Bonchev–Trinajstić information content (AvgIpc) is 2.81. The van der Waals surface area contributed by atoms with Crippen LogP contribution in [-0.4, -0.2) is 32.2 Å². The van der Waals surface area contributed by atoms with Crippen LogP contribution < -0.4 is 0 Å². The lowest BCUT2D eigenvalue weighted by molar-refractivity contribution is -0.144. The topological polar surface area (TPSA) is 57.6 Å². The summed E-state index contributed by atoms with van der Waals surface area (Å²) in [5.74, 6) is -1.43. The molecule has 6 heteroatoms. The van der Waals surface area contributed by atoms with Crippen molar-refractivity contribution in [1.29, 1.82) is 0 Å². The van der Waals surface area contributed by atoms with Gasteiger partial charge in [-0.2, -0.15) is 0 Å². The van der Waals surface area contributed by atoms with Gasteiger partial charge in [0.2, 0.25) is 0 Å². The number of rotatable bonds is 3. The number of fused-ring (bicyclic) bond motifs is 1. The Hall–Kier alpha value is -2.18. The summed E-state index contributed by atoms with van der Waals surface area (Å²) in [7, 11) is 0. The van der Waals surface area contributed by atoms with Crippen LogP contribution in [-0.2, 0) is 9.59 Å². The minimum Gasteiger partial charge on any atom is -0.480 e. The molecule has 1 N–H and O–H groups in total. The number of carbonyl (C=O) groups excluding carboxylic acids is 1. The Balaban J connectivity index is 2.02. The molecule has 116 valence electrons. The first-order valence-electron chi connectivity index (χ1n) is 6.96. The highest BCUT2D eigenvalue weighted by Gasteiger charge is 2.38. The highest BCUT2D eigenvalue weighted by atomic mass is 32.2. The molecule has 1 aliphatic heterocycles. The fourth-order valence-corrected chi connectivity index (χ4v) is 3.85. The molecule has 1 amide bonds. The number of thiocarbonyl (C=S) groups is 1. The van der Waals surface area contributed by atoms with Gasteiger partial charge in [0.15, 0.2) is 0 Å². The third-order valence-electron chi connectivity index (χ3n) is 3.68. The second kappa shape index (κ2) is 6.14. The van der Waals surface area contributed by atoms with E-state index in [4.69, 9.17) is 17.3 Å². The molecule has 1 unspecified atom stereocenters. The number of carboxylic acid groups (broad SMARTS) is 1. The second-order valence-corrected chi connectivity index (χ2v) is 6.81. The zero-order chi connectivity index (χ0) is 16.6. The summed E-state index contributed by atoms with van der Waals surface area (Å²) in [5, 5.41) is 11.2. The van der Waals surface area contributed by atoms with Crippen LogP contribution >= 0.6 is 24.0 Å². The number of carbonyl (C=O) groups is 2. The van der Waals surface area contributed by atoms with E-state index in [1.165, 1.54) is 6.92 Å². The van der Waals surface area contributed by atoms with E-state index in [-0.39, 0.29) is 10.2 Å². The largest absolute Gasteiger partial charge is 0.480 e. The van der Waals surface area contributed by atoms with Crippen LogP contribution in [0.3, 0.4) is 0 Å². The highest BCUT2D eigenvalue weighted by molar-refractivity contribution is 8.26. The molecule has 1 heterocycles. The Morgan fingerprint density at radius 3 is 2.70 bits per heavy atom. The van der Waals surface area contributed by atoms with Gasteiger partial charge in [0.1, 0.15) is 10.4 Å². The lowest BCUT2D eigenvalue weighted by atomic mass is 10.0. The molecule has 0 bridgehead atoms. The number of carboxylic acids is 1. The van der Waals surface area contributed by atoms with E-state index in [1.54, 1.807) is 6.08 Å². The molecule has 0 aliphatic carbocycles. The zero-order valence-corrected chi connectivity index (χ0v) is 13.9. The average molecular weight is 343 g/mol. The van der Waals surface area contributed by atoms with E-state index in [0.29, 0.717) is 4.91 Å². The molecule has 1 atom stereocenters. The Morgan fingerprint density at radius 1 is 1.26 bits per heavy atom. The van der Waals surface area contributed by atoms with Gasteiger partial charge < -0.3 is 5.11 Å². The fraction of sp³-hybridized carbons (Fsp3) is 0.118. The maximum absolute atomic E-state index is 12.5. The van der Waals surface area contributed by atoms with Crippen molar-refractivity contribution in [2.45, 2.75) is 13.0 Å². The van der Waals surface area contributed by atoms with Crippen molar-refractivity contribution in [1.82, 2.24) is 4.90 Å². The molecule has 0 spiro atoms. The number of hydrogen-bond acceptors (Lipinski definition) is 4. The van der Waals surface area contributed by atoms with E-state index in [1.807, 2.05) is 42.5 Å². The van der Waals surface area contributed by atoms with Gasteiger partial charge in [-0.25, -0.2) is 4.79 Å². The van der Waals surface area contributed by atoms with Gasteiger partial charge in [0.25, 0.3) is 5.91 Å². The van der Waals surface area contributed by atoms with Crippen LogP contribution in [0.25, 0.3) is 16.8 Å². The summed E-state index contributed by atoms with van der Waals surface area (Å²) in [5.41, 5.74) is 0.909. The molecule has 4 nitrogen and oxygen atoms in total. The first kappa shape index (κ1) is 15.7. The van der Waals surface area contributed by atoms with E-state index >= 15 is 0 Å². The Labute approximate surface area is 142 Å². The van der Waals surface area contributed by atoms with Gasteiger partial charge in [0.05, 0.1) is 4.91 Å². The van der Waals surface area contributed by atoms with Crippen molar-refractivity contribution < 1.29 is 14.7 Å². The standard InChI is InChI=1S/C17H13NO3S2/c1-10(16(20)21)18-15(19)14(23-17(18)22)9-12-7-4-6-11-5-2-3-8-13(11)12/h2-10H,1H3,(H,20,21)/b14-9+. The molecule has 1 saturated heterocycles. The molecule has 0 saturated carbocycles. The van der Waals surface area contributed by atoms with Crippen LogP contribution in [0.1, 0.15) is 12.5 Å². The fourth-order valence-electron chi connectivity index (χ4n) is 2.44. The van der Waals surface area contributed by atoms with Gasteiger partial charge in [-0.3, -0.25) is 9.69 Å². The maximum atomic E-state index is 12.5. The van der Waals surface area contributed by atoms with Crippen LogP contribution in [0.5, 0.6) is 0 Å². The van der Waals surface area contributed by atoms with Gasteiger partial charge in [-0.1, -0.05) is 66.4 Å². The molecule has 1 aliphatic rings. The van der Waals surface area contributed by atoms with E-state index in [0.717, 1.165) is 33.0 Å². The SMILES string of the molecule is CC(C(=O)O)N1C(=O)/C(=C\c2cccc3ccccc23)SC1=S. The van der Waals surface area contributed by atoms with Crippen LogP contribution in [0.2, 0.25) is 0 Å². The Morgan fingerprint density at radius 2 is 1.96 bits per heavy atom. The minimum atomic E-state index is -1.08. The quantitative estimate of drug-likeness (QED) is 0.683. The lowest BCUT2D eigenvalue weighted by Gasteiger charge is -2.18. The summed E-state index contributed by atoms with van der Waals surface area (Å²) >= 11 is 6.30. The summed E-state index contributed by atoms with van der Waals surface area (Å²) in [6.07, 6.45) is 1.77. The summed E-state index contributed by atoms with van der Waals surface area (Å²) in [6, 6.07) is 12.8. The van der Waals surface area contributed by atoms with E-state index in [2.05, 4.69) is 0 Å². The molecule has 2 aromatic carbocycles. The van der Waals surface area contributed by atoms with Gasteiger partial charge in [-0.15, -0.1) is 0 Å². The molecule has 23 heavy (non-hydrogen) atoms. The smallest absolute Gasteiger partial charge is 0.326 e. The van der Waals surface area contributed by atoms with Crippen molar-refractivity contribution in [2.75, 3.05) is 0 Å². The molecule has 3 rings (SSSR count). The summed E-state index contributed by atoms with van der Waals surface area (Å²) in [4.78, 5) is 25.2. The number of nitrogens with zero attached hydrogens (tertiary/aromatic N) is 1. The summed E-state index contributed by atoms with van der Waals surface area (Å²) < 4.78 is 0.274. The molecular weight excluding hydrogens is 330 g/mol. The first-order valence-corrected chi connectivity index (χ1v) is 8.19. The highest BCUT2D eigenvalue weighted by Crippen LogP contribution is 2.35. The third-order valence-corrected chi connectivity index (χ3v) is 5.01. The minimum absolute atomic E-state index is 0.274. The van der Waals surface area contributed by atoms with Gasteiger partial charge in [0, 0.05) is 0 Å². The normalized spacial score (nSPS) is 18.0. The van der Waals surface area contributed by atoms with E-state index < -0.39 is 12.0 Å². The van der Waals surface area contributed by atoms with Gasteiger partial charge >= 0.3 is 5.97 Å². The number of benzene rings is 2. The van der Waals surface area contributed by atoms with Crippen LogP contribution in [0, 0.1) is 0 Å². The van der Waals surface area contributed by atoms with Crippen molar-refractivity contribution in [3.05, 3.63) is 52.9 Å². The summed E-state index contributed by atoms with van der Waals surface area (Å²) in [6.45, 7) is 1.45. The van der Waals surface area contributed by atoms with E-state index in [9.17, 15) is 9.59 Å². The van der Waals surface area contributed by atoms with Crippen LogP contribution in [0.15, 0.2) is 47.4 Å². The third kappa shape index (κ3) is 2.87. The first-order chi connectivity index (χ1) is 11.0. The lowest BCUT2D eigenvalue weighted by Crippen LogP contribution is -2.41. The number of thioether (sulfide) groups is 1. The van der Waals surface area contributed by atoms with Gasteiger partial charge in [-0.05, 0) is 29.3 Å². The zero-order valence-electron chi connectivity index (χ0n) is 12.2. The number of aliphatic carboxylic acids is 1. The van der Waals surface area contributed by atoms with Crippen LogP contribution in [0.4, 0.5) is 0 Å². The maximum Gasteiger partial charge on any atom is 0.326 e. The predicted molar refractivity (Wildman–Crippen MR) is 96.1 cm³/mol. The molecule has 0 radical (unpaired) electrons. The predicted octanol–water partition coefficient (Wildman–Crippen LogP) is 3.51. The number of amides is 1. The Kier molecular flexibility index (Phi) is 4.19.